The van der Waals surface area contributed by atoms with Crippen LogP contribution in [0.4, 0.5) is 0 Å². The summed E-state index contributed by atoms with van der Waals surface area (Å²) in [6.07, 6.45) is 5.52. The molecular weight excluding hydrogens is 280 g/mol. The first-order valence-electron chi connectivity index (χ1n) is 8.21. The Balaban J connectivity index is 2.30. The lowest BCUT2D eigenvalue weighted by Crippen LogP contribution is -2.31. The van der Waals surface area contributed by atoms with Crippen LogP contribution < -0.4 is 0 Å². The number of aromatic hydroxyl groups is 2. The Hall–Kier alpha value is -1.71. The van der Waals surface area contributed by atoms with Gasteiger partial charge in [0.25, 0.3) is 0 Å². The maximum Gasteiger partial charge on any atom is 0.342 e. The van der Waals surface area contributed by atoms with E-state index >= 15 is 0 Å². The lowest BCUT2D eigenvalue weighted by Gasteiger charge is -2.28. The Labute approximate surface area is 132 Å². The van der Waals surface area contributed by atoms with Gasteiger partial charge in [0.05, 0.1) is 0 Å². The van der Waals surface area contributed by atoms with Gasteiger partial charge in [0.2, 0.25) is 0 Å². The van der Waals surface area contributed by atoms with Crippen LogP contribution >= 0.6 is 0 Å². The van der Waals surface area contributed by atoms with E-state index in [1.165, 1.54) is 6.07 Å². The highest BCUT2D eigenvalue weighted by Gasteiger charge is 2.37. The van der Waals surface area contributed by atoms with Crippen LogP contribution in [0.15, 0.2) is 12.1 Å². The van der Waals surface area contributed by atoms with Crippen molar-refractivity contribution in [1.29, 1.82) is 0 Å². The Morgan fingerprint density at radius 3 is 2.45 bits per heavy atom. The first-order chi connectivity index (χ1) is 10.4. The smallest absolute Gasteiger partial charge is 0.342 e. The van der Waals surface area contributed by atoms with Crippen molar-refractivity contribution in [3.05, 3.63) is 23.3 Å². The van der Waals surface area contributed by atoms with Crippen LogP contribution in [0.25, 0.3) is 0 Å². The molecule has 1 aromatic carbocycles. The van der Waals surface area contributed by atoms with Crippen molar-refractivity contribution in [2.45, 2.75) is 70.8 Å². The van der Waals surface area contributed by atoms with Crippen LogP contribution in [-0.4, -0.2) is 21.8 Å². The number of carbonyl (C=O) groups is 1. The van der Waals surface area contributed by atoms with Crippen molar-refractivity contribution in [1.82, 2.24) is 0 Å². The summed E-state index contributed by atoms with van der Waals surface area (Å²) in [6, 6.07) is 3.16. The molecule has 1 aromatic rings. The number of phenolic OH excluding ortho intramolecular Hbond substituents is 2. The first kappa shape index (κ1) is 16.7. The normalized spacial score (nSPS) is 18.1. The van der Waals surface area contributed by atoms with E-state index in [1.54, 1.807) is 6.07 Å². The summed E-state index contributed by atoms with van der Waals surface area (Å²) in [5, 5.41) is 19.9. The van der Waals surface area contributed by atoms with Crippen molar-refractivity contribution >= 4 is 5.97 Å². The second-order valence-corrected chi connectivity index (χ2v) is 6.38. The molecule has 0 aromatic heterocycles. The van der Waals surface area contributed by atoms with Gasteiger partial charge in [0.15, 0.2) is 11.5 Å². The summed E-state index contributed by atoms with van der Waals surface area (Å²) in [5.41, 5.74) is 0.489. The number of rotatable bonds is 5. The van der Waals surface area contributed by atoms with E-state index in [2.05, 4.69) is 0 Å². The van der Waals surface area contributed by atoms with E-state index in [1.807, 2.05) is 20.8 Å². The molecular formula is C18H26O4. The van der Waals surface area contributed by atoms with Crippen molar-refractivity contribution in [3.8, 4) is 11.5 Å². The molecule has 0 radical (unpaired) electrons. The lowest BCUT2D eigenvalue weighted by atomic mass is 9.95. The number of hydrogen-bond acceptors (Lipinski definition) is 4. The van der Waals surface area contributed by atoms with Gasteiger partial charge < -0.3 is 14.9 Å². The second-order valence-electron chi connectivity index (χ2n) is 6.38. The topological polar surface area (TPSA) is 66.8 Å². The van der Waals surface area contributed by atoms with Gasteiger partial charge in [0.1, 0.15) is 11.2 Å². The van der Waals surface area contributed by atoms with Crippen molar-refractivity contribution in [2.75, 3.05) is 0 Å². The largest absolute Gasteiger partial charge is 0.504 e. The average molecular weight is 306 g/mol. The monoisotopic (exact) mass is 306 g/mol. The molecule has 1 unspecified atom stereocenters. The summed E-state index contributed by atoms with van der Waals surface area (Å²) < 4.78 is 5.73. The summed E-state index contributed by atoms with van der Waals surface area (Å²) in [7, 11) is 0. The highest BCUT2D eigenvalue weighted by molar-refractivity contribution is 5.94. The van der Waals surface area contributed by atoms with Crippen molar-refractivity contribution in [3.63, 3.8) is 0 Å². The zero-order valence-corrected chi connectivity index (χ0v) is 13.7. The van der Waals surface area contributed by atoms with Gasteiger partial charge in [-0.2, -0.15) is 0 Å². The Bertz CT molecular complexity index is 544. The van der Waals surface area contributed by atoms with Crippen LogP contribution in [0, 0.1) is 0 Å². The summed E-state index contributed by atoms with van der Waals surface area (Å²) >= 11 is 0. The maximum absolute atomic E-state index is 12.5. The average Bonchev–Trinajstić information content (AvgIpc) is 2.97. The van der Waals surface area contributed by atoms with Crippen LogP contribution in [0.1, 0.15) is 81.1 Å². The molecule has 4 heteroatoms. The Morgan fingerprint density at radius 1 is 1.27 bits per heavy atom. The predicted molar refractivity (Wildman–Crippen MR) is 85.4 cm³/mol. The van der Waals surface area contributed by atoms with Crippen LogP contribution in [0.2, 0.25) is 0 Å². The predicted octanol–water partition coefficient (Wildman–Crippen LogP) is 4.49. The molecule has 2 N–H and O–H groups in total. The third kappa shape index (κ3) is 3.21. The first-order valence-corrected chi connectivity index (χ1v) is 8.21. The van der Waals surface area contributed by atoms with Crippen LogP contribution in [-0.2, 0) is 4.74 Å². The number of carbonyl (C=O) groups excluding carboxylic acids is 1. The van der Waals surface area contributed by atoms with E-state index < -0.39 is 11.6 Å². The van der Waals surface area contributed by atoms with Gasteiger partial charge in [-0.1, -0.05) is 20.8 Å². The fourth-order valence-corrected chi connectivity index (χ4v) is 3.12. The molecule has 0 aliphatic heterocycles. The molecule has 0 bridgehead atoms. The molecule has 22 heavy (non-hydrogen) atoms. The number of esters is 1. The molecule has 122 valence electrons. The second kappa shape index (κ2) is 6.59. The molecule has 1 saturated carbocycles. The van der Waals surface area contributed by atoms with E-state index in [4.69, 9.17) is 4.74 Å². The minimum atomic E-state index is -0.540. The van der Waals surface area contributed by atoms with Gasteiger partial charge in [-0.05, 0) is 62.1 Å². The Kier molecular flexibility index (Phi) is 4.99. The number of benzene rings is 1. The number of ether oxygens (including phenoxy) is 1. The molecule has 1 atom stereocenters. The van der Waals surface area contributed by atoms with E-state index in [-0.39, 0.29) is 23.0 Å². The minimum Gasteiger partial charge on any atom is -0.504 e. The molecule has 2 rings (SSSR count). The molecule has 0 spiro atoms. The van der Waals surface area contributed by atoms with Gasteiger partial charge in [-0.15, -0.1) is 0 Å². The molecule has 4 nitrogen and oxygen atoms in total. The molecule has 1 fully saturated rings. The SMILES string of the molecule is CCC(C)c1cc(O)c(O)c(C(=O)OC2(CC)CCCC2)c1. The molecule has 0 amide bonds. The van der Waals surface area contributed by atoms with Crippen molar-refractivity contribution in [2.24, 2.45) is 0 Å². The highest BCUT2D eigenvalue weighted by atomic mass is 16.6. The van der Waals surface area contributed by atoms with Crippen LogP contribution in [0.5, 0.6) is 11.5 Å². The summed E-state index contributed by atoms with van der Waals surface area (Å²) in [5.74, 6) is -0.991. The van der Waals surface area contributed by atoms with Gasteiger partial charge in [-0.25, -0.2) is 4.79 Å². The lowest BCUT2D eigenvalue weighted by molar-refractivity contribution is -0.0175. The molecule has 1 aliphatic carbocycles. The van der Waals surface area contributed by atoms with E-state index in [0.717, 1.165) is 44.1 Å². The number of hydrogen-bond donors (Lipinski definition) is 2. The quantitative estimate of drug-likeness (QED) is 0.621. The van der Waals surface area contributed by atoms with Crippen LogP contribution in [0.3, 0.4) is 0 Å². The fraction of sp³-hybridized carbons (Fsp3) is 0.611. The molecule has 0 saturated heterocycles. The van der Waals surface area contributed by atoms with Crippen molar-refractivity contribution < 1.29 is 19.7 Å². The zero-order valence-electron chi connectivity index (χ0n) is 13.7. The number of phenols is 2. The van der Waals surface area contributed by atoms with Gasteiger partial charge in [-0.3, -0.25) is 0 Å². The Morgan fingerprint density at radius 2 is 1.91 bits per heavy atom. The minimum absolute atomic E-state index is 0.0648. The molecule has 0 heterocycles. The van der Waals surface area contributed by atoms with Gasteiger partial charge in [0, 0.05) is 0 Å². The maximum atomic E-state index is 12.5. The summed E-state index contributed by atoms with van der Waals surface area (Å²) in [6.45, 7) is 6.08. The highest BCUT2D eigenvalue weighted by Crippen LogP contribution is 2.39. The standard InChI is InChI=1S/C18H26O4/c1-4-12(3)13-10-14(16(20)15(19)11-13)17(21)22-18(5-2)8-6-7-9-18/h10-12,19-20H,4-9H2,1-3H3. The third-order valence-corrected chi connectivity index (χ3v) is 4.98. The third-order valence-electron chi connectivity index (χ3n) is 4.98. The van der Waals surface area contributed by atoms with E-state index in [0.29, 0.717) is 0 Å². The molecule has 1 aliphatic rings. The summed E-state index contributed by atoms with van der Waals surface area (Å²) in [4.78, 5) is 12.5. The van der Waals surface area contributed by atoms with Gasteiger partial charge >= 0.3 is 5.97 Å². The fourth-order valence-electron chi connectivity index (χ4n) is 3.12. The van der Waals surface area contributed by atoms with E-state index in [9.17, 15) is 15.0 Å². The zero-order chi connectivity index (χ0) is 16.3.